The molecule has 1 rings (SSSR count). The molecule has 19 heavy (non-hydrogen) atoms. The van der Waals surface area contributed by atoms with Gasteiger partial charge in [0.2, 0.25) is 5.91 Å². The molecule has 0 aromatic heterocycles. The Hall–Kier alpha value is 0.0700. The molecule has 3 nitrogen and oxygen atoms in total. The van der Waals surface area contributed by atoms with Crippen LogP contribution in [0.2, 0.25) is 0 Å². The van der Waals surface area contributed by atoms with E-state index >= 15 is 0 Å². The van der Waals surface area contributed by atoms with Crippen molar-refractivity contribution in [2.24, 2.45) is 5.92 Å². The van der Waals surface area contributed by atoms with E-state index in [9.17, 15) is 4.79 Å². The summed E-state index contributed by atoms with van der Waals surface area (Å²) in [5.74, 6) is 2.06. The monoisotopic (exact) mass is 308 g/mol. The first-order valence-electron chi connectivity index (χ1n) is 7.34. The molecule has 0 bridgehead atoms. The summed E-state index contributed by atoms with van der Waals surface area (Å²) in [5, 5.41) is 6.58. The number of carbonyl (C=O) groups excluding carboxylic acids is 1. The van der Waals surface area contributed by atoms with Gasteiger partial charge in [-0.25, -0.2) is 0 Å². The van der Waals surface area contributed by atoms with Crippen molar-refractivity contribution in [3.63, 3.8) is 0 Å². The zero-order valence-corrected chi connectivity index (χ0v) is 13.9. The number of halogens is 1. The van der Waals surface area contributed by atoms with E-state index in [1.54, 1.807) is 11.8 Å². The van der Waals surface area contributed by atoms with E-state index in [0.717, 1.165) is 37.7 Å². The Bertz CT molecular complexity index is 235. The lowest BCUT2D eigenvalue weighted by molar-refractivity contribution is -0.120. The zero-order valence-electron chi connectivity index (χ0n) is 12.2. The van der Waals surface area contributed by atoms with Crippen molar-refractivity contribution in [2.45, 2.75) is 51.2 Å². The number of nitrogens with one attached hydrogen (secondary N) is 2. The van der Waals surface area contributed by atoms with E-state index in [1.807, 2.05) is 6.92 Å². The highest BCUT2D eigenvalue weighted by atomic mass is 35.5. The van der Waals surface area contributed by atoms with Gasteiger partial charge in [-0.1, -0.05) is 13.3 Å². The summed E-state index contributed by atoms with van der Waals surface area (Å²) in [6.07, 6.45) is 6.11. The molecule has 0 aromatic carbocycles. The second-order valence-electron chi connectivity index (χ2n) is 5.16. The molecule has 0 aromatic rings. The molecule has 1 aliphatic heterocycles. The quantitative estimate of drug-likeness (QED) is 0.678. The first-order valence-corrected chi connectivity index (χ1v) is 8.39. The van der Waals surface area contributed by atoms with E-state index in [1.165, 1.54) is 25.7 Å². The van der Waals surface area contributed by atoms with E-state index in [-0.39, 0.29) is 23.6 Å². The lowest BCUT2D eigenvalue weighted by atomic mass is 9.96. The van der Waals surface area contributed by atoms with Crippen molar-refractivity contribution in [1.29, 1.82) is 0 Å². The van der Waals surface area contributed by atoms with Crippen LogP contribution in [0.4, 0.5) is 0 Å². The van der Waals surface area contributed by atoms with Gasteiger partial charge in [0, 0.05) is 6.54 Å². The average Bonchev–Trinajstić information content (AvgIpc) is 2.40. The molecule has 0 radical (unpaired) electrons. The number of carbonyl (C=O) groups is 1. The minimum atomic E-state index is 0. The van der Waals surface area contributed by atoms with Gasteiger partial charge in [-0.15, -0.1) is 24.2 Å². The van der Waals surface area contributed by atoms with E-state index in [0.29, 0.717) is 0 Å². The number of hydrogen-bond acceptors (Lipinski definition) is 3. The summed E-state index contributed by atoms with van der Waals surface area (Å²) in [5.41, 5.74) is 0. The molecule has 2 unspecified atom stereocenters. The third-order valence-electron chi connectivity index (χ3n) is 3.49. The van der Waals surface area contributed by atoms with Crippen LogP contribution >= 0.6 is 24.2 Å². The lowest BCUT2D eigenvalue weighted by Gasteiger charge is -2.23. The van der Waals surface area contributed by atoms with Crippen LogP contribution in [0.15, 0.2) is 0 Å². The van der Waals surface area contributed by atoms with E-state index < -0.39 is 0 Å². The molecule has 1 amide bonds. The Morgan fingerprint density at radius 1 is 1.53 bits per heavy atom. The molecule has 0 aliphatic carbocycles. The Morgan fingerprint density at radius 3 is 2.95 bits per heavy atom. The predicted molar refractivity (Wildman–Crippen MR) is 87.3 cm³/mol. The summed E-state index contributed by atoms with van der Waals surface area (Å²) in [6.45, 7) is 7.32. The minimum Gasteiger partial charge on any atom is -0.355 e. The molecule has 2 atom stereocenters. The van der Waals surface area contributed by atoms with Gasteiger partial charge in [-0.05, 0) is 57.4 Å². The zero-order chi connectivity index (χ0) is 13.2. The van der Waals surface area contributed by atoms with Gasteiger partial charge in [0.25, 0.3) is 0 Å². The van der Waals surface area contributed by atoms with Crippen LogP contribution in [-0.4, -0.2) is 36.5 Å². The Kier molecular flexibility index (Phi) is 11.9. The number of hydrogen-bond donors (Lipinski definition) is 2. The Labute approximate surface area is 128 Å². The van der Waals surface area contributed by atoms with Crippen LogP contribution in [-0.2, 0) is 4.79 Å². The third-order valence-corrected chi connectivity index (χ3v) is 4.72. The minimum absolute atomic E-state index is 0. The highest BCUT2D eigenvalue weighted by Crippen LogP contribution is 2.14. The van der Waals surface area contributed by atoms with E-state index in [2.05, 4.69) is 17.6 Å². The summed E-state index contributed by atoms with van der Waals surface area (Å²) in [4.78, 5) is 11.8. The third kappa shape index (κ3) is 8.77. The maximum Gasteiger partial charge on any atom is 0.232 e. The average molecular weight is 309 g/mol. The molecule has 1 fully saturated rings. The molecule has 0 spiro atoms. The largest absolute Gasteiger partial charge is 0.355 e. The fraction of sp³-hybridized carbons (Fsp3) is 0.929. The normalized spacial score (nSPS) is 20.4. The predicted octanol–water partition coefficient (Wildman–Crippen LogP) is 2.84. The number of rotatable bonds is 8. The van der Waals surface area contributed by atoms with Gasteiger partial charge >= 0.3 is 0 Å². The SMILES string of the molecule is CCCCSC(C)C(=O)NCCC1CCCNC1.Cl. The van der Waals surface area contributed by atoms with Gasteiger partial charge in [0.15, 0.2) is 0 Å². The molecular formula is C14H29ClN2OS. The van der Waals surface area contributed by atoms with Crippen molar-refractivity contribution in [3.8, 4) is 0 Å². The molecule has 1 saturated heterocycles. The van der Waals surface area contributed by atoms with Crippen LogP contribution in [0.5, 0.6) is 0 Å². The Morgan fingerprint density at radius 2 is 2.32 bits per heavy atom. The summed E-state index contributed by atoms with van der Waals surface area (Å²) >= 11 is 1.77. The summed E-state index contributed by atoms with van der Waals surface area (Å²) < 4.78 is 0. The maximum absolute atomic E-state index is 11.8. The van der Waals surface area contributed by atoms with E-state index in [4.69, 9.17) is 0 Å². The second-order valence-corrected chi connectivity index (χ2v) is 6.61. The van der Waals surface area contributed by atoms with Crippen LogP contribution in [0.3, 0.4) is 0 Å². The number of piperidine rings is 1. The van der Waals surface area contributed by atoms with Crippen LogP contribution in [0.1, 0.15) is 46.0 Å². The highest BCUT2D eigenvalue weighted by molar-refractivity contribution is 8.00. The van der Waals surface area contributed by atoms with Gasteiger partial charge in [-0.2, -0.15) is 0 Å². The van der Waals surface area contributed by atoms with Crippen molar-refractivity contribution < 1.29 is 4.79 Å². The molecule has 1 heterocycles. The highest BCUT2D eigenvalue weighted by Gasteiger charge is 2.15. The van der Waals surface area contributed by atoms with Gasteiger partial charge in [0.1, 0.15) is 0 Å². The van der Waals surface area contributed by atoms with Gasteiger partial charge in [-0.3, -0.25) is 4.79 Å². The van der Waals surface area contributed by atoms with Crippen molar-refractivity contribution in [3.05, 3.63) is 0 Å². The first kappa shape index (κ1) is 19.1. The van der Waals surface area contributed by atoms with Gasteiger partial charge in [0.05, 0.1) is 5.25 Å². The Balaban J connectivity index is 0.00000324. The van der Waals surface area contributed by atoms with Crippen molar-refractivity contribution >= 4 is 30.1 Å². The fourth-order valence-corrected chi connectivity index (χ4v) is 3.24. The molecule has 114 valence electrons. The molecule has 2 N–H and O–H groups in total. The summed E-state index contributed by atoms with van der Waals surface area (Å²) in [6, 6.07) is 0. The van der Waals surface area contributed by atoms with Crippen LogP contribution < -0.4 is 10.6 Å². The lowest BCUT2D eigenvalue weighted by Crippen LogP contribution is -2.35. The molecular weight excluding hydrogens is 280 g/mol. The first-order chi connectivity index (χ1) is 8.74. The fourth-order valence-electron chi connectivity index (χ4n) is 2.19. The molecule has 1 aliphatic rings. The van der Waals surface area contributed by atoms with Gasteiger partial charge < -0.3 is 10.6 Å². The number of thioether (sulfide) groups is 1. The topological polar surface area (TPSA) is 41.1 Å². The number of amides is 1. The van der Waals surface area contributed by atoms with Crippen LogP contribution in [0.25, 0.3) is 0 Å². The van der Waals surface area contributed by atoms with Crippen molar-refractivity contribution in [1.82, 2.24) is 10.6 Å². The van der Waals surface area contributed by atoms with Crippen LogP contribution in [0, 0.1) is 5.92 Å². The van der Waals surface area contributed by atoms with Crippen molar-refractivity contribution in [2.75, 3.05) is 25.4 Å². The smallest absolute Gasteiger partial charge is 0.232 e. The second kappa shape index (κ2) is 11.9. The summed E-state index contributed by atoms with van der Waals surface area (Å²) in [7, 11) is 0. The maximum atomic E-state index is 11.8. The standard InChI is InChI=1S/C14H28N2OS.ClH/c1-3-4-10-18-12(2)14(17)16-9-7-13-6-5-8-15-11-13;/h12-13,15H,3-11H2,1-2H3,(H,16,17);1H. The molecule has 0 saturated carbocycles. The number of unbranched alkanes of at least 4 members (excludes halogenated alkanes) is 1. The molecule has 5 heteroatoms.